The summed E-state index contributed by atoms with van der Waals surface area (Å²) in [6.07, 6.45) is 4.77. The molecule has 19 heavy (non-hydrogen) atoms. The lowest BCUT2D eigenvalue weighted by molar-refractivity contribution is 0.0646. The molecular weight excluding hydrogens is 243 g/mol. The van der Waals surface area contributed by atoms with Gasteiger partial charge < -0.3 is 9.84 Å². The highest BCUT2D eigenvalue weighted by Crippen LogP contribution is 2.39. The van der Waals surface area contributed by atoms with Crippen LogP contribution in [0.5, 0.6) is 5.75 Å². The van der Waals surface area contributed by atoms with Gasteiger partial charge in [0.1, 0.15) is 0 Å². The maximum atomic E-state index is 14.2. The minimum atomic E-state index is -0.718. The standard InChI is InChI=1S/C16H23FO2/c1-3-11-6-4-7-12(10-11)16(18)13-8-5-9-14(19-2)15(13)17/h5,8-9,11-12,16,18H,3-4,6-7,10H2,1-2H3. The molecule has 3 unspecified atom stereocenters. The number of methoxy groups -OCH3 is 1. The van der Waals surface area contributed by atoms with Crippen molar-refractivity contribution >= 4 is 0 Å². The average molecular weight is 266 g/mol. The molecule has 1 fully saturated rings. The third kappa shape index (κ3) is 3.08. The maximum Gasteiger partial charge on any atom is 0.170 e. The molecule has 0 amide bonds. The summed E-state index contributed by atoms with van der Waals surface area (Å²) in [6, 6.07) is 4.99. The van der Waals surface area contributed by atoms with Crippen molar-refractivity contribution in [3.8, 4) is 5.75 Å². The Bertz CT molecular complexity index is 419. The minimum Gasteiger partial charge on any atom is -0.494 e. The van der Waals surface area contributed by atoms with Gasteiger partial charge in [0.2, 0.25) is 0 Å². The first-order chi connectivity index (χ1) is 9.17. The molecule has 2 nitrogen and oxygen atoms in total. The van der Waals surface area contributed by atoms with E-state index in [0.29, 0.717) is 11.5 Å². The fraction of sp³-hybridized carbons (Fsp3) is 0.625. The molecule has 0 aliphatic heterocycles. The Morgan fingerprint density at radius 1 is 1.42 bits per heavy atom. The number of ether oxygens (including phenoxy) is 1. The van der Waals surface area contributed by atoms with Gasteiger partial charge in [-0.1, -0.05) is 38.3 Å². The lowest BCUT2D eigenvalue weighted by Gasteiger charge is -2.32. The molecule has 0 saturated heterocycles. The molecule has 0 heterocycles. The van der Waals surface area contributed by atoms with Crippen LogP contribution in [0.1, 0.15) is 50.7 Å². The summed E-state index contributed by atoms with van der Waals surface area (Å²) in [5, 5.41) is 10.5. The lowest BCUT2D eigenvalue weighted by atomic mass is 9.76. The molecule has 1 aliphatic carbocycles. The van der Waals surface area contributed by atoms with E-state index >= 15 is 0 Å². The van der Waals surface area contributed by atoms with Crippen LogP contribution < -0.4 is 4.74 Å². The molecule has 3 atom stereocenters. The average Bonchev–Trinajstić information content (AvgIpc) is 2.47. The van der Waals surface area contributed by atoms with Crippen LogP contribution in [0, 0.1) is 17.7 Å². The zero-order chi connectivity index (χ0) is 13.8. The van der Waals surface area contributed by atoms with Gasteiger partial charge in [-0.3, -0.25) is 0 Å². The SMILES string of the molecule is CCC1CCCC(C(O)c2cccc(OC)c2F)C1. The van der Waals surface area contributed by atoms with Gasteiger partial charge in [-0.25, -0.2) is 4.39 Å². The third-order valence-electron chi connectivity index (χ3n) is 4.38. The number of rotatable bonds is 4. The van der Waals surface area contributed by atoms with Crippen molar-refractivity contribution in [2.45, 2.75) is 45.1 Å². The molecular formula is C16H23FO2. The lowest BCUT2D eigenvalue weighted by Crippen LogP contribution is -2.22. The molecule has 1 N–H and O–H groups in total. The minimum absolute atomic E-state index is 0.167. The van der Waals surface area contributed by atoms with Crippen LogP contribution in [0.25, 0.3) is 0 Å². The molecule has 0 bridgehead atoms. The Labute approximate surface area is 114 Å². The summed E-state index contributed by atoms with van der Waals surface area (Å²) >= 11 is 0. The van der Waals surface area contributed by atoms with Crippen molar-refractivity contribution < 1.29 is 14.2 Å². The summed E-state index contributed by atoms with van der Waals surface area (Å²) in [6.45, 7) is 2.19. The van der Waals surface area contributed by atoms with Crippen molar-refractivity contribution in [2.75, 3.05) is 7.11 Å². The second-order valence-electron chi connectivity index (χ2n) is 5.51. The van der Waals surface area contributed by atoms with Crippen LogP contribution >= 0.6 is 0 Å². The number of halogens is 1. The van der Waals surface area contributed by atoms with Crippen molar-refractivity contribution in [1.29, 1.82) is 0 Å². The summed E-state index contributed by atoms with van der Waals surface area (Å²) in [4.78, 5) is 0. The van der Waals surface area contributed by atoms with E-state index in [1.54, 1.807) is 18.2 Å². The maximum absolute atomic E-state index is 14.2. The highest BCUT2D eigenvalue weighted by molar-refractivity contribution is 5.32. The van der Waals surface area contributed by atoms with E-state index in [9.17, 15) is 9.50 Å². The smallest absolute Gasteiger partial charge is 0.170 e. The highest BCUT2D eigenvalue weighted by Gasteiger charge is 2.29. The predicted octanol–water partition coefficient (Wildman–Crippen LogP) is 4.08. The van der Waals surface area contributed by atoms with Crippen molar-refractivity contribution in [3.05, 3.63) is 29.6 Å². The van der Waals surface area contributed by atoms with Crippen LogP contribution in [0.3, 0.4) is 0 Å². The van der Waals surface area contributed by atoms with Gasteiger partial charge in [-0.2, -0.15) is 0 Å². The van der Waals surface area contributed by atoms with Crippen molar-refractivity contribution in [1.82, 2.24) is 0 Å². The summed E-state index contributed by atoms with van der Waals surface area (Å²) in [5.41, 5.74) is 0.376. The van der Waals surface area contributed by atoms with E-state index in [4.69, 9.17) is 4.74 Å². The number of aliphatic hydroxyl groups excluding tert-OH is 1. The van der Waals surface area contributed by atoms with Gasteiger partial charge in [0, 0.05) is 5.56 Å². The van der Waals surface area contributed by atoms with Crippen LogP contribution in [0.15, 0.2) is 18.2 Å². The van der Waals surface area contributed by atoms with Crippen LogP contribution in [0.4, 0.5) is 4.39 Å². The topological polar surface area (TPSA) is 29.5 Å². The van der Waals surface area contributed by atoms with E-state index in [0.717, 1.165) is 25.7 Å². The Morgan fingerprint density at radius 2 is 2.21 bits per heavy atom. The molecule has 106 valence electrons. The monoisotopic (exact) mass is 266 g/mol. The summed E-state index contributed by atoms with van der Waals surface area (Å²) in [5.74, 6) is 0.623. The van der Waals surface area contributed by atoms with E-state index in [1.807, 2.05) is 0 Å². The number of benzene rings is 1. The molecule has 0 spiro atoms. The molecule has 0 radical (unpaired) electrons. The van der Waals surface area contributed by atoms with Gasteiger partial charge >= 0.3 is 0 Å². The molecule has 0 aromatic heterocycles. The van der Waals surface area contributed by atoms with Gasteiger partial charge in [0.05, 0.1) is 13.2 Å². The van der Waals surface area contributed by atoms with Gasteiger partial charge in [0.15, 0.2) is 11.6 Å². The van der Waals surface area contributed by atoms with E-state index in [2.05, 4.69) is 6.92 Å². The first kappa shape index (κ1) is 14.3. The summed E-state index contributed by atoms with van der Waals surface area (Å²) in [7, 11) is 1.45. The molecule has 1 aromatic rings. The highest BCUT2D eigenvalue weighted by atomic mass is 19.1. The quantitative estimate of drug-likeness (QED) is 0.889. The molecule has 1 aromatic carbocycles. The summed E-state index contributed by atoms with van der Waals surface area (Å²) < 4.78 is 19.2. The Kier molecular flexibility index (Phi) is 4.81. The van der Waals surface area contributed by atoms with Crippen LogP contribution in [-0.2, 0) is 0 Å². The third-order valence-corrected chi connectivity index (χ3v) is 4.38. The first-order valence-electron chi connectivity index (χ1n) is 7.17. The van der Waals surface area contributed by atoms with Crippen LogP contribution in [0.2, 0.25) is 0 Å². The number of hydrogen-bond acceptors (Lipinski definition) is 2. The van der Waals surface area contributed by atoms with E-state index in [-0.39, 0.29) is 11.7 Å². The number of aliphatic hydroxyl groups is 1. The fourth-order valence-electron chi connectivity index (χ4n) is 3.16. The van der Waals surface area contributed by atoms with E-state index in [1.165, 1.54) is 13.5 Å². The van der Waals surface area contributed by atoms with Crippen LogP contribution in [-0.4, -0.2) is 12.2 Å². The first-order valence-corrected chi connectivity index (χ1v) is 7.17. The van der Waals surface area contributed by atoms with Crippen molar-refractivity contribution in [2.24, 2.45) is 11.8 Å². The van der Waals surface area contributed by atoms with Crippen molar-refractivity contribution in [3.63, 3.8) is 0 Å². The van der Waals surface area contributed by atoms with Gasteiger partial charge in [-0.05, 0) is 30.7 Å². The molecule has 3 heteroatoms. The Balaban J connectivity index is 2.17. The normalized spacial score (nSPS) is 25.1. The second kappa shape index (κ2) is 6.38. The predicted molar refractivity (Wildman–Crippen MR) is 73.7 cm³/mol. The van der Waals surface area contributed by atoms with Gasteiger partial charge in [0.25, 0.3) is 0 Å². The number of hydrogen-bond donors (Lipinski definition) is 1. The fourth-order valence-corrected chi connectivity index (χ4v) is 3.16. The second-order valence-corrected chi connectivity index (χ2v) is 5.51. The van der Waals surface area contributed by atoms with E-state index < -0.39 is 11.9 Å². The molecule has 1 aliphatic rings. The Morgan fingerprint density at radius 3 is 2.89 bits per heavy atom. The zero-order valence-corrected chi connectivity index (χ0v) is 11.7. The van der Waals surface area contributed by atoms with Gasteiger partial charge in [-0.15, -0.1) is 0 Å². The molecule has 2 rings (SSSR count). The zero-order valence-electron chi connectivity index (χ0n) is 11.7. The Hall–Kier alpha value is -1.09. The largest absolute Gasteiger partial charge is 0.494 e. The molecule has 1 saturated carbocycles.